The number of nitrogens with zero attached hydrogens (tertiary/aromatic N) is 1. The quantitative estimate of drug-likeness (QED) is 0.141. The maximum Gasteiger partial charge on any atom is 0.122 e. The number of rotatable bonds is 12. The monoisotopic (exact) mass is 617 g/mol. The van der Waals surface area contributed by atoms with Crippen molar-refractivity contribution in [3.8, 4) is 11.5 Å². The van der Waals surface area contributed by atoms with E-state index in [1.165, 1.54) is 0 Å². The molecule has 0 saturated carbocycles. The van der Waals surface area contributed by atoms with Crippen LogP contribution in [0.25, 0.3) is 0 Å². The van der Waals surface area contributed by atoms with Crippen molar-refractivity contribution < 1.29 is 24.8 Å². The molecule has 2 aromatic rings. The topological polar surface area (TPSA) is 106 Å². The highest BCUT2D eigenvalue weighted by molar-refractivity contribution is 14.1. The van der Waals surface area contributed by atoms with Gasteiger partial charge < -0.3 is 24.8 Å². The number of ether oxygens (including phenoxy) is 2. The van der Waals surface area contributed by atoms with Crippen LogP contribution in [0.1, 0.15) is 30.5 Å². The Hall–Kier alpha value is -1.76. The summed E-state index contributed by atoms with van der Waals surface area (Å²) in [7, 11) is 0. The zero-order valence-corrected chi connectivity index (χ0v) is 23.0. The van der Waals surface area contributed by atoms with Crippen LogP contribution in [0, 0.1) is 6.92 Å². The molecule has 35 heavy (non-hydrogen) atoms. The molecule has 0 unspecified atom stereocenters. The maximum atomic E-state index is 10.4. The number of aryl methyl sites for hydroxylation is 1. The Kier molecular flexibility index (Phi) is 9.91. The van der Waals surface area contributed by atoms with E-state index in [2.05, 4.69) is 53.5 Å². The van der Waals surface area contributed by atoms with E-state index in [0.29, 0.717) is 11.4 Å². The summed E-state index contributed by atoms with van der Waals surface area (Å²) >= 11 is 7.72. The molecule has 1 aliphatic heterocycles. The van der Waals surface area contributed by atoms with Crippen molar-refractivity contribution in [2.75, 3.05) is 32.2 Å². The second-order valence-corrected chi connectivity index (χ2v) is 10.4. The summed E-state index contributed by atoms with van der Waals surface area (Å²) in [5.41, 5.74) is 9.48. The number of alkyl halides is 1. The summed E-state index contributed by atoms with van der Waals surface area (Å²) in [6.07, 6.45) is -1.44. The first kappa shape index (κ1) is 27.8. The second kappa shape index (κ2) is 12.5. The first-order chi connectivity index (χ1) is 16.6. The van der Waals surface area contributed by atoms with Crippen LogP contribution in [0.4, 0.5) is 0 Å². The Morgan fingerprint density at radius 3 is 2.31 bits per heavy atom. The lowest BCUT2D eigenvalue weighted by molar-refractivity contribution is 0.0600. The van der Waals surface area contributed by atoms with E-state index in [9.17, 15) is 15.3 Å². The summed E-state index contributed by atoms with van der Waals surface area (Å²) in [6.45, 7) is 6.72. The molecule has 1 heterocycles. The fourth-order valence-electron chi connectivity index (χ4n) is 3.71. The maximum absolute atomic E-state index is 10.4. The number of halogens is 2. The van der Waals surface area contributed by atoms with Crippen molar-refractivity contribution in [3.63, 3.8) is 0 Å². The molecule has 8 nitrogen and oxygen atoms in total. The van der Waals surface area contributed by atoms with E-state index in [1.807, 2.05) is 43.3 Å². The van der Waals surface area contributed by atoms with Gasteiger partial charge in [-0.05, 0) is 64.4 Å². The van der Waals surface area contributed by atoms with Crippen LogP contribution >= 0.6 is 34.2 Å². The molecule has 1 aliphatic rings. The van der Waals surface area contributed by atoms with Crippen LogP contribution in [-0.2, 0) is 5.41 Å². The van der Waals surface area contributed by atoms with Crippen molar-refractivity contribution in [1.82, 2.24) is 16.0 Å². The molecule has 0 saturated heterocycles. The van der Waals surface area contributed by atoms with Gasteiger partial charge in [0.1, 0.15) is 40.6 Å². The largest absolute Gasteiger partial charge is 0.491 e. The lowest BCUT2D eigenvalue weighted by Crippen LogP contribution is -2.44. The highest BCUT2D eigenvalue weighted by atomic mass is 127. The van der Waals surface area contributed by atoms with Crippen LogP contribution < -0.4 is 20.4 Å². The highest BCUT2D eigenvalue weighted by Gasteiger charge is 2.25. The molecule has 2 atom stereocenters. The number of hydrogen-bond acceptors (Lipinski definition) is 8. The minimum absolute atomic E-state index is 0.120. The van der Waals surface area contributed by atoms with E-state index < -0.39 is 12.2 Å². The molecule has 0 bridgehead atoms. The number of β-amino-alcohol motifs (C(OH)–C–C–N with tert-alkyl or cyclic N) is 1. The summed E-state index contributed by atoms with van der Waals surface area (Å²) in [5, 5.41) is 31.1. The van der Waals surface area contributed by atoms with E-state index in [0.717, 1.165) is 26.1 Å². The number of hydrogen-bond donors (Lipinski definition) is 5. The number of benzene rings is 2. The fraction of sp³-hybridized carbons (Fsp3) is 0.440. The molecule has 5 N–H and O–H groups in total. The van der Waals surface area contributed by atoms with Crippen molar-refractivity contribution in [2.24, 2.45) is 0 Å². The molecule has 10 heteroatoms. The normalized spacial score (nSPS) is 15.7. The minimum Gasteiger partial charge on any atom is -0.491 e. The van der Waals surface area contributed by atoms with Crippen LogP contribution in [0.2, 0.25) is 0 Å². The zero-order chi connectivity index (χ0) is 25.6. The van der Waals surface area contributed by atoms with Gasteiger partial charge in [0, 0.05) is 5.41 Å². The zero-order valence-electron chi connectivity index (χ0n) is 20.1. The number of aliphatic hydroxyl groups is 3. The lowest BCUT2D eigenvalue weighted by atomic mass is 9.77. The van der Waals surface area contributed by atoms with Crippen LogP contribution in [0.3, 0.4) is 0 Å². The molecule has 0 amide bonds. The van der Waals surface area contributed by atoms with E-state index in [-0.39, 0.29) is 37.7 Å². The molecular weight excluding hydrogens is 585 g/mol. The number of hydrazine groups is 2. The molecule has 0 aliphatic carbocycles. The van der Waals surface area contributed by atoms with Crippen molar-refractivity contribution in [2.45, 2.75) is 38.4 Å². The molecule has 0 aromatic heterocycles. The third-order valence-corrected chi connectivity index (χ3v) is 7.20. The van der Waals surface area contributed by atoms with Crippen LogP contribution in [-0.4, -0.2) is 64.8 Å². The average molecular weight is 618 g/mol. The Morgan fingerprint density at radius 2 is 1.69 bits per heavy atom. The van der Waals surface area contributed by atoms with Gasteiger partial charge in [-0.1, -0.05) is 38.1 Å². The molecule has 192 valence electrons. The summed E-state index contributed by atoms with van der Waals surface area (Å²) in [4.78, 5) is 0. The average Bonchev–Trinajstić information content (AvgIpc) is 3.20. The van der Waals surface area contributed by atoms with Gasteiger partial charge in [-0.3, -0.25) is 10.4 Å². The standard InChI is InChI=1S/C25H33ClIN3O5/c1-16-10-18(6-9-23(16)35-14-19(32)11-26)25(2,3)17-4-7-21(8-5-17)34-15-20(33)12-30-22(13-31)24(27)28-29-30/h4-10,19-20,28-29,31-33H,11-15H2,1-3H3/t19-,20-/m0/s1. The third kappa shape index (κ3) is 7.14. The van der Waals surface area contributed by atoms with Crippen molar-refractivity contribution >= 4 is 34.2 Å². The van der Waals surface area contributed by atoms with Crippen LogP contribution in [0.15, 0.2) is 51.9 Å². The minimum atomic E-state index is -0.751. The molecule has 0 radical (unpaired) electrons. The fourth-order valence-corrected chi connectivity index (χ4v) is 4.38. The second-order valence-electron chi connectivity index (χ2n) is 8.98. The molecule has 3 rings (SSSR count). The number of aliphatic hydroxyl groups excluding tert-OH is 3. The highest BCUT2D eigenvalue weighted by Crippen LogP contribution is 2.34. The molecular formula is C25H33ClIN3O5. The SMILES string of the molecule is Cc1cc(C(C)(C)c2ccc(OC[C@@H](O)CN3NNC(I)=C3CO)cc2)ccc1OC[C@@H](O)CCl. The Balaban J connectivity index is 1.59. The smallest absolute Gasteiger partial charge is 0.122 e. The third-order valence-electron chi connectivity index (χ3n) is 5.95. The molecule has 0 fully saturated rings. The first-order valence-corrected chi connectivity index (χ1v) is 12.9. The predicted molar refractivity (Wildman–Crippen MR) is 145 cm³/mol. The van der Waals surface area contributed by atoms with Gasteiger partial charge in [0.25, 0.3) is 0 Å². The lowest BCUT2D eigenvalue weighted by Gasteiger charge is -2.27. The van der Waals surface area contributed by atoms with Gasteiger partial charge in [0.2, 0.25) is 0 Å². The van der Waals surface area contributed by atoms with E-state index in [4.69, 9.17) is 21.1 Å². The van der Waals surface area contributed by atoms with Gasteiger partial charge in [-0.2, -0.15) is 0 Å². The number of nitrogens with one attached hydrogen (secondary N) is 2. The van der Waals surface area contributed by atoms with Gasteiger partial charge in [0.05, 0.1) is 24.7 Å². The van der Waals surface area contributed by atoms with Crippen molar-refractivity contribution in [3.05, 3.63) is 68.6 Å². The Bertz CT molecular complexity index is 1020. The van der Waals surface area contributed by atoms with Gasteiger partial charge >= 0.3 is 0 Å². The van der Waals surface area contributed by atoms with E-state index >= 15 is 0 Å². The summed E-state index contributed by atoms with van der Waals surface area (Å²) in [5.74, 6) is 1.53. The van der Waals surface area contributed by atoms with Gasteiger partial charge in [-0.25, -0.2) is 0 Å². The molecule has 2 aromatic carbocycles. The molecule has 0 spiro atoms. The Labute approximate surface area is 225 Å². The Morgan fingerprint density at radius 1 is 1.03 bits per heavy atom. The summed E-state index contributed by atoms with van der Waals surface area (Å²) in [6, 6.07) is 13.9. The van der Waals surface area contributed by atoms with Gasteiger partial charge in [-0.15, -0.1) is 17.1 Å². The van der Waals surface area contributed by atoms with E-state index in [1.54, 1.807) is 5.01 Å². The van der Waals surface area contributed by atoms with Gasteiger partial charge in [0.15, 0.2) is 0 Å². The first-order valence-electron chi connectivity index (χ1n) is 11.3. The predicted octanol–water partition coefficient (Wildman–Crippen LogP) is 2.96. The van der Waals surface area contributed by atoms with Crippen molar-refractivity contribution in [1.29, 1.82) is 0 Å². The van der Waals surface area contributed by atoms with Crippen LogP contribution in [0.5, 0.6) is 11.5 Å². The summed E-state index contributed by atoms with van der Waals surface area (Å²) < 4.78 is 12.3.